The summed E-state index contributed by atoms with van der Waals surface area (Å²) < 4.78 is 35.6. The van der Waals surface area contributed by atoms with Crippen molar-refractivity contribution in [1.82, 2.24) is 4.90 Å². The first-order valence-corrected chi connectivity index (χ1v) is 25.0. The maximum Gasteiger partial charge on any atom is 0.329 e. The molecule has 1 aliphatic carbocycles. The summed E-state index contributed by atoms with van der Waals surface area (Å²) in [5.74, 6) is -7.22. The van der Waals surface area contributed by atoms with Gasteiger partial charge in [-0.15, -0.1) is 0 Å². The van der Waals surface area contributed by atoms with Crippen molar-refractivity contribution >= 4 is 29.2 Å². The van der Waals surface area contributed by atoms with Crippen LogP contribution in [0.3, 0.4) is 0 Å². The van der Waals surface area contributed by atoms with Gasteiger partial charge in [0.25, 0.3) is 11.7 Å². The number of carbonyl (C=O) groups is 5. The van der Waals surface area contributed by atoms with Gasteiger partial charge in [0.1, 0.15) is 30.1 Å². The molecule has 4 rings (SSSR count). The molecule has 0 spiro atoms. The van der Waals surface area contributed by atoms with Crippen molar-refractivity contribution in [2.45, 2.75) is 193 Å². The molecule has 15 atom stereocenters. The maximum absolute atomic E-state index is 14.5. The van der Waals surface area contributed by atoms with Gasteiger partial charge >= 0.3 is 5.97 Å². The van der Waals surface area contributed by atoms with Crippen LogP contribution in [0.15, 0.2) is 47.6 Å². The molecule has 68 heavy (non-hydrogen) atoms. The second-order valence-corrected chi connectivity index (χ2v) is 20.2. The Balaban J connectivity index is 1.69. The third-order valence-electron chi connectivity index (χ3n) is 14.9. The summed E-state index contributed by atoms with van der Waals surface area (Å²) >= 11 is 0. The number of ether oxygens (including phenoxy) is 6. The number of hydrogen-bond acceptors (Lipinski definition) is 14. The number of rotatable bonds is 9. The van der Waals surface area contributed by atoms with Crippen LogP contribution < -0.4 is 0 Å². The number of nitrogens with zero attached hydrogens (tertiary/aromatic N) is 1. The van der Waals surface area contributed by atoms with E-state index in [1.807, 2.05) is 58.1 Å². The largest absolute Gasteiger partial charge is 0.460 e. The van der Waals surface area contributed by atoms with E-state index >= 15 is 0 Å². The molecule has 15 nitrogen and oxygen atoms in total. The van der Waals surface area contributed by atoms with E-state index in [1.54, 1.807) is 41.1 Å². The molecule has 1 unspecified atom stereocenters. The van der Waals surface area contributed by atoms with Gasteiger partial charge in [0, 0.05) is 58.5 Å². The highest BCUT2D eigenvalue weighted by Gasteiger charge is 2.54. The van der Waals surface area contributed by atoms with Gasteiger partial charge in [-0.25, -0.2) is 4.79 Å². The van der Waals surface area contributed by atoms with Gasteiger partial charge in [0.2, 0.25) is 5.79 Å². The molecule has 3 fully saturated rings. The zero-order valence-corrected chi connectivity index (χ0v) is 42.4. The summed E-state index contributed by atoms with van der Waals surface area (Å²) in [5.41, 5.74) is 1.27. The quantitative estimate of drug-likeness (QED) is 0.131. The monoisotopic (exact) mass is 958 g/mol. The average molecular weight is 958 g/mol. The molecule has 2 saturated heterocycles. The number of carbonyl (C=O) groups excluding carboxylic acids is 5. The Labute approximate surface area is 405 Å². The molecule has 3 N–H and O–H groups in total. The van der Waals surface area contributed by atoms with Crippen LogP contribution in [0.25, 0.3) is 0 Å². The molecule has 15 heteroatoms. The van der Waals surface area contributed by atoms with Crippen LogP contribution in [0, 0.1) is 29.6 Å². The minimum Gasteiger partial charge on any atom is -0.460 e. The van der Waals surface area contributed by atoms with Crippen molar-refractivity contribution in [2.24, 2.45) is 29.6 Å². The second kappa shape index (κ2) is 27.3. The van der Waals surface area contributed by atoms with Crippen LogP contribution in [0.4, 0.5) is 0 Å². The molecular weight excluding hydrogens is 875 g/mol. The summed E-state index contributed by atoms with van der Waals surface area (Å²) in [5, 5.41) is 32.8. The fraction of sp³-hybridized carbons (Fsp3) is 0.755. The minimum absolute atomic E-state index is 0.0188. The number of Topliss-reactive ketones (excluding diaryl/α,β-unsaturated/α-hetero) is 3. The van der Waals surface area contributed by atoms with E-state index in [0.717, 1.165) is 12.0 Å². The summed E-state index contributed by atoms with van der Waals surface area (Å²) in [6.07, 6.45) is 11.8. The molecule has 384 valence electrons. The molecule has 0 aromatic carbocycles. The highest BCUT2D eigenvalue weighted by Crippen LogP contribution is 2.38. The number of methoxy groups -OCH3 is 3. The molecule has 3 heterocycles. The van der Waals surface area contributed by atoms with E-state index in [0.29, 0.717) is 63.4 Å². The molecule has 0 aromatic heterocycles. The topological polar surface area (TPSA) is 205 Å². The van der Waals surface area contributed by atoms with Gasteiger partial charge in [-0.2, -0.15) is 0 Å². The Morgan fingerprint density at radius 2 is 1.59 bits per heavy atom. The second-order valence-electron chi connectivity index (χ2n) is 20.2. The molecule has 3 aliphatic heterocycles. The van der Waals surface area contributed by atoms with E-state index < -0.39 is 77.9 Å². The van der Waals surface area contributed by atoms with Crippen molar-refractivity contribution in [3.05, 3.63) is 47.6 Å². The van der Waals surface area contributed by atoms with Crippen molar-refractivity contribution in [3.63, 3.8) is 0 Å². The Kier molecular flexibility index (Phi) is 22.9. The number of esters is 1. The van der Waals surface area contributed by atoms with Crippen molar-refractivity contribution in [2.75, 3.05) is 34.5 Å². The van der Waals surface area contributed by atoms with Gasteiger partial charge in [-0.1, -0.05) is 64.2 Å². The highest BCUT2D eigenvalue weighted by molar-refractivity contribution is 6.39. The van der Waals surface area contributed by atoms with Crippen LogP contribution in [-0.2, 0) is 52.4 Å². The lowest BCUT2D eigenvalue weighted by Crippen LogP contribution is -2.62. The standard InChI is InChI=1S/C53H83NO14/c1-32-15-12-11-13-16-33(2)44(63-8)31-41-23-20-37(6)53(62,68-41)50(59)51(60)54-38(7)17-14-18-42(54)52(61)67-45(35(4)28-39-21-24-43(66-26-25-55)46(29-39)64-9)30-40(56)22-19-34(3)47(57)49(65-10)48(58)36(5)27-32/h11-13,15-16,19,32,35-39,41-47,49,55,57,62H,14,17-18,20-31H2,1-10H3/b13-11?,15-12+,33-16?,34-19+/t32-,35-,36-,37-,38?,39+,41+,42+,43-,44+,45+,46-,47-,49-,53-/m1/s1. The van der Waals surface area contributed by atoms with E-state index in [-0.39, 0.29) is 74.0 Å². The van der Waals surface area contributed by atoms with Gasteiger partial charge in [-0.05, 0) is 114 Å². The number of hydrogen-bond donors (Lipinski definition) is 3. The molecule has 2 bridgehead atoms. The van der Waals surface area contributed by atoms with Crippen LogP contribution >= 0.6 is 0 Å². The van der Waals surface area contributed by atoms with Crippen LogP contribution in [0.5, 0.6) is 0 Å². The molecule has 0 aromatic rings. The van der Waals surface area contributed by atoms with Gasteiger partial charge in [0.15, 0.2) is 5.78 Å². The normalized spacial score (nSPS) is 37.9. The summed E-state index contributed by atoms with van der Waals surface area (Å²) in [4.78, 5) is 72.2. The third-order valence-corrected chi connectivity index (χ3v) is 14.9. The predicted molar refractivity (Wildman–Crippen MR) is 256 cm³/mol. The predicted octanol–water partition coefficient (Wildman–Crippen LogP) is 6.34. The summed E-state index contributed by atoms with van der Waals surface area (Å²) in [6.45, 7) is 12.8. The fourth-order valence-corrected chi connectivity index (χ4v) is 10.6. The number of amides is 1. The van der Waals surface area contributed by atoms with Crippen LogP contribution in [0.2, 0.25) is 0 Å². The number of piperidine rings is 1. The lowest BCUT2D eigenvalue weighted by Gasteiger charge is -2.44. The van der Waals surface area contributed by atoms with Crippen molar-refractivity contribution < 1.29 is 67.7 Å². The molecule has 0 radical (unpaired) electrons. The molecular formula is C53H83NO14. The first-order valence-electron chi connectivity index (χ1n) is 25.0. The van der Waals surface area contributed by atoms with Crippen LogP contribution in [0.1, 0.15) is 132 Å². The number of fused-ring (bicyclic) bond motifs is 3. The van der Waals surface area contributed by atoms with Crippen molar-refractivity contribution in [3.8, 4) is 0 Å². The Morgan fingerprint density at radius 1 is 0.853 bits per heavy atom. The Morgan fingerprint density at radius 3 is 2.26 bits per heavy atom. The first-order chi connectivity index (χ1) is 32.3. The third kappa shape index (κ3) is 15.3. The molecule has 4 aliphatic rings. The zero-order chi connectivity index (χ0) is 50.3. The number of aliphatic hydroxyl groups is 3. The minimum atomic E-state index is -2.44. The lowest BCUT2D eigenvalue weighted by molar-refractivity contribution is -0.265. The van der Waals surface area contributed by atoms with E-state index in [4.69, 9.17) is 28.4 Å². The van der Waals surface area contributed by atoms with Gasteiger partial charge in [-0.3, -0.25) is 19.2 Å². The number of ketones is 3. The number of allylic oxidation sites excluding steroid dienone is 6. The Hall–Kier alpha value is -3.41. The smallest absolute Gasteiger partial charge is 0.329 e. The van der Waals surface area contributed by atoms with E-state index in [9.17, 15) is 39.3 Å². The highest BCUT2D eigenvalue weighted by atomic mass is 16.6. The van der Waals surface area contributed by atoms with Gasteiger partial charge in [0.05, 0.1) is 37.6 Å². The average Bonchev–Trinajstić information content (AvgIpc) is 3.31. The maximum atomic E-state index is 14.5. The van der Waals surface area contributed by atoms with E-state index in [2.05, 4.69) is 0 Å². The number of aliphatic hydroxyl groups excluding tert-OH is 2. The molecule has 1 amide bonds. The SMILES string of the molecule is CO[C@H]1C[C@@H]2CC[C@@H](C)[C@@](O)(O2)C(=O)C(=O)N2C(C)CCC[C@H]2C(=O)O[C@H]([C@H](C)C[C@@H]2CC[C@@H](OCCO)[C@H](OC)C2)CC(=O)C/C=C(\C)[C@@H](O)[C@@H](OC)C(=O)[C@H](C)C[C@H](C)/C=C/C=CC=C1C. The fourth-order valence-electron chi connectivity index (χ4n) is 10.6. The zero-order valence-electron chi connectivity index (χ0n) is 42.4. The number of cyclic esters (lactones) is 1. The van der Waals surface area contributed by atoms with E-state index in [1.165, 1.54) is 12.0 Å². The first kappa shape index (κ1) is 57.2. The van der Waals surface area contributed by atoms with Gasteiger partial charge < -0.3 is 48.6 Å². The summed E-state index contributed by atoms with van der Waals surface area (Å²) in [6, 6.07) is -1.71. The lowest BCUT2D eigenvalue weighted by atomic mass is 9.78. The van der Waals surface area contributed by atoms with Crippen molar-refractivity contribution in [1.29, 1.82) is 0 Å². The van der Waals surface area contributed by atoms with Crippen LogP contribution in [-0.4, -0.2) is 145 Å². The molecule has 1 saturated carbocycles. The summed E-state index contributed by atoms with van der Waals surface area (Å²) in [7, 11) is 4.58. The Bertz CT molecular complexity index is 1810.